The summed E-state index contributed by atoms with van der Waals surface area (Å²) in [6.45, 7) is 0.203. The van der Waals surface area contributed by atoms with Crippen LogP contribution in [-0.2, 0) is 27.2 Å². The van der Waals surface area contributed by atoms with Crippen LogP contribution in [0, 0.1) is 0 Å². The smallest absolute Gasteiger partial charge is 0.237 e. The molecule has 0 spiro atoms. The Bertz CT molecular complexity index is 597. The van der Waals surface area contributed by atoms with Crippen LogP contribution in [0.3, 0.4) is 0 Å². The first-order chi connectivity index (χ1) is 9.16. The first kappa shape index (κ1) is 13.7. The van der Waals surface area contributed by atoms with E-state index in [1.165, 1.54) is 0 Å². The molecule has 2 rings (SSSR count). The van der Waals surface area contributed by atoms with Crippen LogP contribution in [0.4, 0.5) is 0 Å². The highest BCUT2D eigenvalue weighted by atomic mass is 32.2. The molecule has 2 aromatic carbocycles. The molecule has 0 bridgehead atoms. The van der Waals surface area contributed by atoms with Gasteiger partial charge in [0.1, 0.15) is 0 Å². The van der Waals surface area contributed by atoms with E-state index in [9.17, 15) is 8.42 Å². The largest absolute Gasteiger partial charge is 0.282 e. The molecular formula is C14H15NO3S. The summed E-state index contributed by atoms with van der Waals surface area (Å²) in [5.41, 5.74) is 1.63. The Kier molecular flexibility index (Phi) is 4.68. The fraction of sp³-hybridized carbons (Fsp3) is 0.143. The van der Waals surface area contributed by atoms with Crippen LogP contribution in [-0.4, -0.2) is 8.42 Å². The lowest BCUT2D eigenvalue weighted by Gasteiger charge is -2.07. The second kappa shape index (κ2) is 6.47. The van der Waals surface area contributed by atoms with Crippen LogP contribution in [0.2, 0.25) is 0 Å². The first-order valence-electron chi connectivity index (χ1n) is 5.85. The summed E-state index contributed by atoms with van der Waals surface area (Å²) in [6.07, 6.45) is 0. The Labute approximate surface area is 113 Å². The zero-order chi connectivity index (χ0) is 13.6. The van der Waals surface area contributed by atoms with Crippen LogP contribution >= 0.6 is 0 Å². The molecule has 5 heteroatoms. The SMILES string of the molecule is O=S(=O)(Cc1ccccc1)NOCc1ccccc1. The quantitative estimate of drug-likeness (QED) is 0.824. The summed E-state index contributed by atoms with van der Waals surface area (Å²) in [5, 5.41) is 0. The molecule has 2 aromatic rings. The molecular weight excluding hydrogens is 262 g/mol. The van der Waals surface area contributed by atoms with Gasteiger partial charge in [0.2, 0.25) is 10.0 Å². The summed E-state index contributed by atoms with van der Waals surface area (Å²) in [6, 6.07) is 18.3. The number of hydrogen-bond acceptors (Lipinski definition) is 3. The van der Waals surface area contributed by atoms with E-state index in [4.69, 9.17) is 4.84 Å². The standard InChI is InChI=1S/C14H15NO3S/c16-19(17,12-14-9-5-2-6-10-14)15-18-11-13-7-3-1-4-8-13/h1-10,15H,11-12H2. The van der Waals surface area contributed by atoms with Gasteiger partial charge >= 0.3 is 0 Å². The molecule has 1 N–H and O–H groups in total. The minimum atomic E-state index is -3.48. The van der Waals surface area contributed by atoms with Crippen molar-refractivity contribution < 1.29 is 13.3 Å². The third-order valence-electron chi connectivity index (χ3n) is 2.47. The van der Waals surface area contributed by atoms with Crippen molar-refractivity contribution in [1.29, 1.82) is 0 Å². The minimum Gasteiger partial charge on any atom is -0.282 e. The molecule has 0 saturated heterocycles. The van der Waals surface area contributed by atoms with E-state index in [2.05, 4.69) is 4.89 Å². The van der Waals surface area contributed by atoms with Crippen molar-refractivity contribution >= 4 is 10.0 Å². The lowest BCUT2D eigenvalue weighted by atomic mass is 10.2. The number of hydrogen-bond donors (Lipinski definition) is 1. The van der Waals surface area contributed by atoms with Gasteiger partial charge in [-0.05, 0) is 11.1 Å². The molecule has 4 nitrogen and oxygen atoms in total. The van der Waals surface area contributed by atoms with Gasteiger partial charge in [0.25, 0.3) is 0 Å². The summed E-state index contributed by atoms with van der Waals surface area (Å²) >= 11 is 0. The van der Waals surface area contributed by atoms with Gasteiger partial charge in [-0.25, -0.2) is 8.42 Å². The maximum atomic E-state index is 11.8. The van der Waals surface area contributed by atoms with E-state index < -0.39 is 10.0 Å². The summed E-state index contributed by atoms with van der Waals surface area (Å²) in [7, 11) is -3.48. The number of sulfonamides is 1. The summed E-state index contributed by atoms with van der Waals surface area (Å²) in [4.78, 5) is 7.15. The Morgan fingerprint density at radius 3 is 1.95 bits per heavy atom. The summed E-state index contributed by atoms with van der Waals surface area (Å²) < 4.78 is 23.5. The van der Waals surface area contributed by atoms with E-state index in [1.807, 2.05) is 36.4 Å². The normalized spacial score (nSPS) is 11.4. The van der Waals surface area contributed by atoms with Gasteiger partial charge in [-0.15, -0.1) is 0 Å². The molecule has 0 aliphatic rings. The van der Waals surface area contributed by atoms with E-state index in [1.54, 1.807) is 24.3 Å². The van der Waals surface area contributed by atoms with E-state index in [-0.39, 0.29) is 12.4 Å². The lowest BCUT2D eigenvalue weighted by Crippen LogP contribution is -2.25. The fourth-order valence-electron chi connectivity index (χ4n) is 1.60. The van der Waals surface area contributed by atoms with Crippen molar-refractivity contribution in [2.45, 2.75) is 12.4 Å². The second-order valence-electron chi connectivity index (χ2n) is 4.10. The highest BCUT2D eigenvalue weighted by Crippen LogP contribution is 2.05. The highest BCUT2D eigenvalue weighted by Gasteiger charge is 2.11. The van der Waals surface area contributed by atoms with Crippen molar-refractivity contribution in [2.24, 2.45) is 0 Å². The summed E-state index contributed by atoms with van der Waals surface area (Å²) in [5.74, 6) is -0.0946. The topological polar surface area (TPSA) is 55.4 Å². The van der Waals surface area contributed by atoms with E-state index in [0.29, 0.717) is 0 Å². The maximum Gasteiger partial charge on any atom is 0.237 e. The molecule has 19 heavy (non-hydrogen) atoms. The lowest BCUT2D eigenvalue weighted by molar-refractivity contribution is 0.0794. The Morgan fingerprint density at radius 1 is 0.842 bits per heavy atom. The zero-order valence-corrected chi connectivity index (χ0v) is 11.1. The van der Waals surface area contributed by atoms with Crippen LogP contribution < -0.4 is 4.89 Å². The van der Waals surface area contributed by atoms with Gasteiger partial charge in [0, 0.05) is 0 Å². The molecule has 0 amide bonds. The van der Waals surface area contributed by atoms with Crippen molar-refractivity contribution in [1.82, 2.24) is 4.89 Å². The molecule has 0 radical (unpaired) electrons. The predicted octanol–water partition coefficient (Wildman–Crippen LogP) is 2.24. The third-order valence-corrected chi connectivity index (χ3v) is 3.55. The third kappa shape index (κ3) is 4.82. The van der Waals surface area contributed by atoms with Crippen molar-refractivity contribution in [3.8, 4) is 0 Å². The molecule has 0 unspecified atom stereocenters. The number of rotatable bonds is 6. The molecule has 0 saturated carbocycles. The van der Waals surface area contributed by atoms with Crippen LogP contribution in [0.5, 0.6) is 0 Å². The van der Waals surface area contributed by atoms with Gasteiger partial charge in [-0.2, -0.15) is 0 Å². The molecule has 0 atom stereocenters. The van der Waals surface area contributed by atoms with Crippen molar-refractivity contribution in [3.05, 3.63) is 71.8 Å². The number of benzene rings is 2. The molecule has 0 aliphatic heterocycles. The van der Waals surface area contributed by atoms with Crippen LogP contribution in [0.15, 0.2) is 60.7 Å². The van der Waals surface area contributed by atoms with Gasteiger partial charge in [-0.1, -0.05) is 65.5 Å². The van der Waals surface area contributed by atoms with Gasteiger partial charge in [-0.3, -0.25) is 4.84 Å². The predicted molar refractivity (Wildman–Crippen MR) is 73.4 cm³/mol. The molecule has 0 heterocycles. The zero-order valence-electron chi connectivity index (χ0n) is 10.3. The maximum absolute atomic E-state index is 11.8. The highest BCUT2D eigenvalue weighted by molar-refractivity contribution is 7.88. The fourth-order valence-corrected chi connectivity index (χ4v) is 2.53. The molecule has 0 aliphatic carbocycles. The van der Waals surface area contributed by atoms with Crippen LogP contribution in [0.25, 0.3) is 0 Å². The van der Waals surface area contributed by atoms with Crippen molar-refractivity contribution in [3.63, 3.8) is 0 Å². The van der Waals surface area contributed by atoms with Gasteiger partial charge in [0.05, 0.1) is 12.4 Å². The monoisotopic (exact) mass is 277 g/mol. The second-order valence-corrected chi connectivity index (χ2v) is 5.79. The molecule has 100 valence electrons. The average Bonchev–Trinajstić information content (AvgIpc) is 2.40. The van der Waals surface area contributed by atoms with E-state index >= 15 is 0 Å². The van der Waals surface area contributed by atoms with Crippen molar-refractivity contribution in [2.75, 3.05) is 0 Å². The Morgan fingerprint density at radius 2 is 1.37 bits per heavy atom. The average molecular weight is 277 g/mol. The number of nitrogens with one attached hydrogen (secondary N) is 1. The van der Waals surface area contributed by atoms with Crippen LogP contribution in [0.1, 0.15) is 11.1 Å². The van der Waals surface area contributed by atoms with Gasteiger partial charge in [0.15, 0.2) is 0 Å². The molecule has 0 aromatic heterocycles. The Balaban J connectivity index is 1.85. The minimum absolute atomic E-state index is 0.0946. The Hall–Kier alpha value is -1.69. The van der Waals surface area contributed by atoms with E-state index in [0.717, 1.165) is 11.1 Å². The first-order valence-corrected chi connectivity index (χ1v) is 7.50. The molecule has 0 fully saturated rings. The van der Waals surface area contributed by atoms with Gasteiger partial charge < -0.3 is 0 Å².